The highest BCUT2D eigenvalue weighted by Gasteiger charge is 2.14. The summed E-state index contributed by atoms with van der Waals surface area (Å²) in [5, 5.41) is 2.96. The third-order valence-electron chi connectivity index (χ3n) is 2.92. The monoisotopic (exact) mass is 250 g/mol. The summed E-state index contributed by atoms with van der Waals surface area (Å²) in [7, 11) is 1.63. The van der Waals surface area contributed by atoms with Crippen molar-refractivity contribution < 1.29 is 9.53 Å². The number of ether oxygens (including phenoxy) is 1. The minimum atomic E-state index is -0.0707. The van der Waals surface area contributed by atoms with Crippen molar-refractivity contribution in [3.8, 4) is 5.75 Å². The lowest BCUT2D eigenvalue weighted by Gasteiger charge is -2.18. The summed E-state index contributed by atoms with van der Waals surface area (Å²) in [6.45, 7) is 4.44. The Morgan fingerprint density at radius 2 is 2.06 bits per heavy atom. The number of methoxy groups -OCH3 is 1. The predicted octanol–water partition coefficient (Wildman–Crippen LogP) is 1.86. The summed E-state index contributed by atoms with van der Waals surface area (Å²) in [5.41, 5.74) is 6.49. The molecule has 1 rings (SSSR count). The molecular formula is C14H22N2O2. The Balaban J connectivity index is 2.64. The van der Waals surface area contributed by atoms with E-state index in [0.717, 1.165) is 11.3 Å². The molecule has 0 aliphatic rings. The molecule has 0 aromatic heterocycles. The Hall–Kier alpha value is -1.55. The van der Waals surface area contributed by atoms with Gasteiger partial charge < -0.3 is 15.8 Å². The third-order valence-corrected chi connectivity index (χ3v) is 2.92. The molecule has 0 fully saturated rings. The number of amides is 1. The standard InChI is InChI=1S/C14H22N2O2/c1-10(9-15)8-14(17)16-11(2)12-6-4-5-7-13(12)18-3/h4-7,10-11H,8-9,15H2,1-3H3,(H,16,17). The maximum atomic E-state index is 11.8. The molecule has 4 heteroatoms. The highest BCUT2D eigenvalue weighted by Crippen LogP contribution is 2.24. The Morgan fingerprint density at radius 1 is 1.39 bits per heavy atom. The average molecular weight is 250 g/mol. The van der Waals surface area contributed by atoms with E-state index in [2.05, 4.69) is 5.32 Å². The van der Waals surface area contributed by atoms with Gasteiger partial charge in [-0.1, -0.05) is 25.1 Å². The topological polar surface area (TPSA) is 64.3 Å². The summed E-state index contributed by atoms with van der Waals surface area (Å²) < 4.78 is 5.28. The van der Waals surface area contributed by atoms with E-state index in [9.17, 15) is 4.79 Å². The molecule has 2 atom stereocenters. The van der Waals surface area contributed by atoms with Crippen molar-refractivity contribution in [2.45, 2.75) is 26.3 Å². The smallest absolute Gasteiger partial charge is 0.220 e. The number of carbonyl (C=O) groups excluding carboxylic acids is 1. The van der Waals surface area contributed by atoms with Crippen LogP contribution in [0.5, 0.6) is 5.75 Å². The highest BCUT2D eigenvalue weighted by atomic mass is 16.5. The van der Waals surface area contributed by atoms with E-state index in [1.807, 2.05) is 38.1 Å². The molecule has 0 aliphatic heterocycles. The summed E-state index contributed by atoms with van der Waals surface area (Å²) in [5.74, 6) is 1.01. The molecule has 0 saturated heterocycles. The molecule has 0 saturated carbocycles. The molecule has 2 unspecified atom stereocenters. The van der Waals surface area contributed by atoms with Crippen molar-refractivity contribution in [1.82, 2.24) is 5.32 Å². The summed E-state index contributed by atoms with van der Waals surface area (Å²) in [4.78, 5) is 11.8. The molecule has 18 heavy (non-hydrogen) atoms. The van der Waals surface area contributed by atoms with Gasteiger partial charge in [-0.15, -0.1) is 0 Å². The second-order valence-corrected chi connectivity index (χ2v) is 4.58. The molecule has 0 bridgehead atoms. The zero-order valence-corrected chi connectivity index (χ0v) is 11.3. The van der Waals surface area contributed by atoms with Gasteiger partial charge in [-0.05, 0) is 25.5 Å². The number of hydrogen-bond donors (Lipinski definition) is 2. The maximum Gasteiger partial charge on any atom is 0.220 e. The van der Waals surface area contributed by atoms with Crippen LogP contribution in [0, 0.1) is 5.92 Å². The van der Waals surface area contributed by atoms with Crippen LogP contribution < -0.4 is 15.8 Å². The van der Waals surface area contributed by atoms with Crippen LogP contribution in [0.25, 0.3) is 0 Å². The first-order valence-electron chi connectivity index (χ1n) is 6.20. The Morgan fingerprint density at radius 3 is 2.67 bits per heavy atom. The summed E-state index contributed by atoms with van der Waals surface area (Å²) in [6.07, 6.45) is 0.454. The van der Waals surface area contributed by atoms with Gasteiger partial charge >= 0.3 is 0 Å². The molecular weight excluding hydrogens is 228 g/mol. The number of para-hydroxylation sites is 1. The van der Waals surface area contributed by atoms with Crippen LogP contribution in [0.4, 0.5) is 0 Å². The van der Waals surface area contributed by atoms with E-state index < -0.39 is 0 Å². The quantitative estimate of drug-likeness (QED) is 0.810. The second kappa shape index (κ2) is 7.01. The minimum absolute atomic E-state index is 0.0198. The summed E-state index contributed by atoms with van der Waals surface area (Å²) in [6, 6.07) is 7.62. The third kappa shape index (κ3) is 4.04. The largest absolute Gasteiger partial charge is 0.496 e. The maximum absolute atomic E-state index is 11.8. The zero-order valence-electron chi connectivity index (χ0n) is 11.3. The fourth-order valence-electron chi connectivity index (χ4n) is 1.80. The van der Waals surface area contributed by atoms with Crippen LogP contribution in [-0.2, 0) is 4.79 Å². The van der Waals surface area contributed by atoms with Crippen LogP contribution in [0.15, 0.2) is 24.3 Å². The number of nitrogens with two attached hydrogens (primary N) is 1. The van der Waals surface area contributed by atoms with Crippen molar-refractivity contribution in [2.75, 3.05) is 13.7 Å². The van der Waals surface area contributed by atoms with Gasteiger partial charge in [-0.3, -0.25) is 4.79 Å². The number of benzene rings is 1. The normalized spacial score (nSPS) is 13.8. The predicted molar refractivity (Wildman–Crippen MR) is 72.4 cm³/mol. The van der Waals surface area contributed by atoms with Crippen molar-refractivity contribution in [3.05, 3.63) is 29.8 Å². The van der Waals surface area contributed by atoms with Crippen molar-refractivity contribution in [1.29, 1.82) is 0 Å². The molecule has 1 amide bonds. The van der Waals surface area contributed by atoms with Gasteiger partial charge in [0, 0.05) is 12.0 Å². The molecule has 1 aromatic carbocycles. The van der Waals surface area contributed by atoms with Crippen molar-refractivity contribution >= 4 is 5.91 Å². The second-order valence-electron chi connectivity index (χ2n) is 4.58. The molecule has 100 valence electrons. The Bertz CT molecular complexity index is 393. The number of rotatable bonds is 6. The van der Waals surface area contributed by atoms with Crippen molar-refractivity contribution in [2.24, 2.45) is 11.7 Å². The molecule has 3 N–H and O–H groups in total. The van der Waals surface area contributed by atoms with Gasteiger partial charge in [0.05, 0.1) is 13.2 Å². The minimum Gasteiger partial charge on any atom is -0.496 e. The molecule has 0 radical (unpaired) electrons. The van der Waals surface area contributed by atoms with Gasteiger partial charge in [0.2, 0.25) is 5.91 Å². The van der Waals surface area contributed by atoms with Crippen LogP contribution in [-0.4, -0.2) is 19.6 Å². The van der Waals surface area contributed by atoms with E-state index in [0.29, 0.717) is 13.0 Å². The van der Waals surface area contributed by atoms with Crippen LogP contribution in [0.2, 0.25) is 0 Å². The van der Waals surface area contributed by atoms with E-state index >= 15 is 0 Å². The van der Waals surface area contributed by atoms with Crippen molar-refractivity contribution in [3.63, 3.8) is 0 Å². The fourth-order valence-corrected chi connectivity index (χ4v) is 1.80. The first-order chi connectivity index (χ1) is 8.58. The first-order valence-corrected chi connectivity index (χ1v) is 6.20. The van der Waals surface area contributed by atoms with Gasteiger partial charge in [-0.25, -0.2) is 0 Å². The van der Waals surface area contributed by atoms with Gasteiger partial charge in [0.25, 0.3) is 0 Å². The molecule has 0 aliphatic carbocycles. The molecule has 0 spiro atoms. The fraction of sp³-hybridized carbons (Fsp3) is 0.500. The molecule has 0 heterocycles. The van der Waals surface area contributed by atoms with E-state index in [4.69, 9.17) is 10.5 Å². The van der Waals surface area contributed by atoms with Gasteiger partial charge in [-0.2, -0.15) is 0 Å². The average Bonchev–Trinajstić information content (AvgIpc) is 2.38. The Labute approximate surface area is 109 Å². The Kier molecular flexibility index (Phi) is 5.65. The number of nitrogens with one attached hydrogen (secondary N) is 1. The van der Waals surface area contributed by atoms with Crippen LogP contribution >= 0.6 is 0 Å². The molecule has 1 aromatic rings. The number of carbonyl (C=O) groups is 1. The lowest BCUT2D eigenvalue weighted by atomic mass is 10.1. The SMILES string of the molecule is COc1ccccc1C(C)NC(=O)CC(C)CN. The first kappa shape index (κ1) is 14.5. The molecule has 4 nitrogen and oxygen atoms in total. The lowest BCUT2D eigenvalue weighted by Crippen LogP contribution is -2.29. The van der Waals surface area contributed by atoms with Crippen LogP contribution in [0.3, 0.4) is 0 Å². The van der Waals surface area contributed by atoms with Gasteiger partial charge in [0.1, 0.15) is 5.75 Å². The number of hydrogen-bond acceptors (Lipinski definition) is 3. The van der Waals surface area contributed by atoms with Gasteiger partial charge in [0.15, 0.2) is 0 Å². The summed E-state index contributed by atoms with van der Waals surface area (Å²) >= 11 is 0. The zero-order chi connectivity index (χ0) is 13.5. The van der Waals surface area contributed by atoms with E-state index in [1.54, 1.807) is 7.11 Å². The van der Waals surface area contributed by atoms with Crippen LogP contribution in [0.1, 0.15) is 31.9 Å². The van der Waals surface area contributed by atoms with E-state index in [1.165, 1.54) is 0 Å². The lowest BCUT2D eigenvalue weighted by molar-refractivity contribution is -0.122. The highest BCUT2D eigenvalue weighted by molar-refractivity contribution is 5.76. The van der Waals surface area contributed by atoms with E-state index in [-0.39, 0.29) is 17.9 Å².